The molecule has 0 radical (unpaired) electrons. The lowest BCUT2D eigenvalue weighted by atomic mass is 9.94. The number of nitriles is 3. The van der Waals surface area contributed by atoms with E-state index in [4.69, 9.17) is 0 Å². The predicted molar refractivity (Wildman–Crippen MR) is 200 cm³/mol. The summed E-state index contributed by atoms with van der Waals surface area (Å²) in [6.45, 7) is 0. The van der Waals surface area contributed by atoms with Crippen LogP contribution in [-0.4, -0.2) is 9.13 Å². The van der Waals surface area contributed by atoms with Gasteiger partial charge in [-0.1, -0.05) is 84.9 Å². The van der Waals surface area contributed by atoms with E-state index in [2.05, 4.69) is 106 Å². The van der Waals surface area contributed by atoms with Crippen molar-refractivity contribution >= 4 is 43.6 Å². The van der Waals surface area contributed by atoms with Crippen molar-refractivity contribution in [1.82, 2.24) is 9.13 Å². The number of hydrogen-bond acceptors (Lipinski definition) is 3. The van der Waals surface area contributed by atoms with Crippen molar-refractivity contribution in [3.63, 3.8) is 0 Å². The Labute approximate surface area is 287 Å². The van der Waals surface area contributed by atoms with E-state index in [1.807, 2.05) is 60.7 Å². The molecule has 9 aromatic rings. The van der Waals surface area contributed by atoms with Gasteiger partial charge in [-0.3, -0.25) is 0 Å². The van der Waals surface area contributed by atoms with Crippen LogP contribution in [0.3, 0.4) is 0 Å². The molecular formula is C45H25N5. The van der Waals surface area contributed by atoms with Gasteiger partial charge < -0.3 is 9.13 Å². The summed E-state index contributed by atoms with van der Waals surface area (Å²) in [6.07, 6.45) is 0. The molecule has 0 unspecified atom stereocenters. The smallest absolute Gasteiger partial charge is 0.0998 e. The maximum atomic E-state index is 10.5. The van der Waals surface area contributed by atoms with Crippen molar-refractivity contribution in [3.8, 4) is 51.8 Å². The second kappa shape index (κ2) is 11.4. The molecule has 0 aliphatic carbocycles. The second-order valence-corrected chi connectivity index (χ2v) is 12.3. The number of benzene rings is 7. The zero-order chi connectivity index (χ0) is 33.8. The molecule has 0 N–H and O–H groups in total. The highest BCUT2D eigenvalue weighted by Crippen LogP contribution is 2.39. The fourth-order valence-electron chi connectivity index (χ4n) is 7.44. The number of para-hydroxylation sites is 3. The quantitative estimate of drug-likeness (QED) is 0.193. The lowest BCUT2D eigenvalue weighted by Crippen LogP contribution is -1.98. The molecule has 0 amide bonds. The average molecular weight is 636 g/mol. The standard InChI is InChI=1S/C45H25N5/c46-26-29-16-23-43-39(24-29)45-32(27-47)8-7-15-44(45)50(43)42-14-6-1-9-36(42)35-22-19-31(25-33(35)28-48)30-17-20-34(21-18-30)49-40-12-4-2-10-37(40)38-11-3-5-13-41(38)49/h1-25H. The number of aromatic nitrogens is 2. The Hall–Kier alpha value is -7.39. The Morgan fingerprint density at radius 3 is 1.76 bits per heavy atom. The summed E-state index contributed by atoms with van der Waals surface area (Å²) in [7, 11) is 0. The first-order valence-electron chi connectivity index (χ1n) is 16.3. The Morgan fingerprint density at radius 2 is 1.04 bits per heavy atom. The first-order chi connectivity index (χ1) is 24.7. The molecule has 0 spiro atoms. The van der Waals surface area contributed by atoms with Gasteiger partial charge in [0.2, 0.25) is 0 Å². The summed E-state index contributed by atoms with van der Waals surface area (Å²) in [5, 5.41) is 34.2. The van der Waals surface area contributed by atoms with Crippen LogP contribution in [0.15, 0.2) is 152 Å². The minimum absolute atomic E-state index is 0.531. The molecule has 0 bridgehead atoms. The van der Waals surface area contributed by atoms with Gasteiger partial charge in [-0.25, -0.2) is 0 Å². The van der Waals surface area contributed by atoms with Crippen LogP contribution in [-0.2, 0) is 0 Å². The third-order valence-corrected chi connectivity index (χ3v) is 9.65. The molecule has 2 heterocycles. The summed E-state index contributed by atoms with van der Waals surface area (Å²) in [5.41, 5.74) is 11.3. The monoisotopic (exact) mass is 635 g/mol. The number of hydrogen-bond donors (Lipinski definition) is 0. The third kappa shape index (κ3) is 4.31. The molecule has 0 saturated heterocycles. The SMILES string of the molecule is N#Cc1ccc2c(c1)c1c(C#N)cccc1n2-c1ccccc1-c1ccc(-c2ccc(-n3c4ccccc4c4ccccc43)cc2)cc1C#N. The first-order valence-corrected chi connectivity index (χ1v) is 16.3. The molecule has 230 valence electrons. The topological polar surface area (TPSA) is 81.2 Å². The molecule has 2 aromatic heterocycles. The summed E-state index contributed by atoms with van der Waals surface area (Å²) in [6, 6.07) is 57.8. The van der Waals surface area contributed by atoms with Gasteiger partial charge in [0.1, 0.15) is 0 Å². The fraction of sp³-hybridized carbons (Fsp3) is 0. The average Bonchev–Trinajstić information content (AvgIpc) is 3.70. The van der Waals surface area contributed by atoms with Gasteiger partial charge in [0, 0.05) is 38.4 Å². The second-order valence-electron chi connectivity index (χ2n) is 12.3. The van der Waals surface area contributed by atoms with Gasteiger partial charge in [0.05, 0.1) is 62.7 Å². The highest BCUT2D eigenvalue weighted by atomic mass is 15.0. The molecule has 0 atom stereocenters. The predicted octanol–water partition coefficient (Wildman–Crippen LogP) is 10.8. The Balaban J connectivity index is 1.16. The maximum Gasteiger partial charge on any atom is 0.0998 e. The largest absolute Gasteiger partial charge is 0.309 e. The van der Waals surface area contributed by atoms with Crippen LogP contribution in [0, 0.1) is 34.0 Å². The Kier molecular flexibility index (Phi) is 6.56. The van der Waals surface area contributed by atoms with E-state index in [1.54, 1.807) is 12.1 Å². The fourth-order valence-corrected chi connectivity index (χ4v) is 7.44. The van der Waals surface area contributed by atoms with Gasteiger partial charge in [-0.05, 0) is 77.9 Å². The van der Waals surface area contributed by atoms with Gasteiger partial charge in [-0.2, -0.15) is 15.8 Å². The van der Waals surface area contributed by atoms with Crippen molar-refractivity contribution < 1.29 is 0 Å². The number of fused-ring (bicyclic) bond motifs is 6. The summed E-state index contributed by atoms with van der Waals surface area (Å²) in [4.78, 5) is 0. The molecule has 9 rings (SSSR count). The van der Waals surface area contributed by atoms with Crippen molar-refractivity contribution in [1.29, 1.82) is 15.8 Å². The van der Waals surface area contributed by atoms with Crippen molar-refractivity contribution in [2.45, 2.75) is 0 Å². The van der Waals surface area contributed by atoms with Crippen LogP contribution in [0.4, 0.5) is 0 Å². The van der Waals surface area contributed by atoms with Gasteiger partial charge >= 0.3 is 0 Å². The zero-order valence-electron chi connectivity index (χ0n) is 26.7. The van der Waals surface area contributed by atoms with E-state index < -0.39 is 0 Å². The molecule has 7 aromatic carbocycles. The molecule has 50 heavy (non-hydrogen) atoms. The van der Waals surface area contributed by atoms with Crippen LogP contribution in [0.25, 0.3) is 77.2 Å². The number of nitrogens with zero attached hydrogens (tertiary/aromatic N) is 5. The van der Waals surface area contributed by atoms with E-state index in [9.17, 15) is 15.8 Å². The molecule has 0 aliphatic rings. The Morgan fingerprint density at radius 1 is 0.400 bits per heavy atom. The van der Waals surface area contributed by atoms with Crippen LogP contribution in [0.2, 0.25) is 0 Å². The van der Waals surface area contributed by atoms with Crippen molar-refractivity contribution in [2.75, 3.05) is 0 Å². The molecule has 0 aliphatic heterocycles. The minimum Gasteiger partial charge on any atom is -0.309 e. The van der Waals surface area contributed by atoms with Crippen LogP contribution in [0.1, 0.15) is 16.7 Å². The molecule has 5 nitrogen and oxygen atoms in total. The lowest BCUT2D eigenvalue weighted by Gasteiger charge is -2.16. The van der Waals surface area contributed by atoms with E-state index in [1.165, 1.54) is 10.8 Å². The molecular weight excluding hydrogens is 611 g/mol. The summed E-state index contributed by atoms with van der Waals surface area (Å²) in [5.74, 6) is 0. The van der Waals surface area contributed by atoms with E-state index in [-0.39, 0.29) is 0 Å². The van der Waals surface area contributed by atoms with E-state index >= 15 is 0 Å². The molecule has 0 fully saturated rings. The normalized spacial score (nSPS) is 11.1. The van der Waals surface area contributed by atoms with Crippen LogP contribution in [0.5, 0.6) is 0 Å². The van der Waals surface area contributed by atoms with Crippen molar-refractivity contribution in [2.24, 2.45) is 0 Å². The maximum absolute atomic E-state index is 10.5. The van der Waals surface area contributed by atoms with E-state index in [0.29, 0.717) is 16.7 Å². The summed E-state index contributed by atoms with van der Waals surface area (Å²) >= 11 is 0. The van der Waals surface area contributed by atoms with E-state index in [0.717, 1.165) is 66.5 Å². The van der Waals surface area contributed by atoms with Gasteiger partial charge in [0.25, 0.3) is 0 Å². The number of rotatable bonds is 4. The molecule has 0 saturated carbocycles. The van der Waals surface area contributed by atoms with Crippen molar-refractivity contribution in [3.05, 3.63) is 168 Å². The minimum atomic E-state index is 0.531. The summed E-state index contributed by atoms with van der Waals surface area (Å²) < 4.78 is 4.43. The van der Waals surface area contributed by atoms with Gasteiger partial charge in [-0.15, -0.1) is 0 Å². The zero-order valence-corrected chi connectivity index (χ0v) is 26.7. The Bertz CT molecular complexity index is 2900. The van der Waals surface area contributed by atoms with Crippen LogP contribution >= 0.6 is 0 Å². The highest BCUT2D eigenvalue weighted by Gasteiger charge is 2.20. The third-order valence-electron chi connectivity index (χ3n) is 9.65. The molecule has 5 heteroatoms. The highest BCUT2D eigenvalue weighted by molar-refractivity contribution is 6.13. The first kappa shape index (κ1) is 28.8. The van der Waals surface area contributed by atoms with Crippen LogP contribution < -0.4 is 0 Å². The van der Waals surface area contributed by atoms with Gasteiger partial charge in [0.15, 0.2) is 0 Å². The lowest BCUT2D eigenvalue weighted by molar-refractivity contribution is 1.18.